The van der Waals surface area contributed by atoms with Crippen LogP contribution in [0.1, 0.15) is 22.0 Å². The molecule has 1 heterocycles. The van der Waals surface area contributed by atoms with Crippen molar-refractivity contribution in [2.45, 2.75) is 12.2 Å². The van der Waals surface area contributed by atoms with Crippen LogP contribution >= 0.6 is 0 Å². The number of phenols is 2. The van der Waals surface area contributed by atoms with Gasteiger partial charge in [-0.1, -0.05) is 18.2 Å². The topological polar surface area (TPSA) is 87.0 Å². The SMILES string of the molecule is O=C1c2ccccc2OC(c2ccc(O)c(O)c2)C1O. The standard InChI is InChI=1S/C15H12O5/c16-10-6-5-8(7-11(10)17)15-14(19)13(18)9-3-1-2-4-12(9)20-15/h1-7,14-17,19H. The third-order valence-electron chi connectivity index (χ3n) is 3.29. The Labute approximate surface area is 114 Å². The maximum Gasteiger partial charge on any atom is 0.199 e. The summed E-state index contributed by atoms with van der Waals surface area (Å²) in [7, 11) is 0. The number of rotatable bonds is 1. The zero-order chi connectivity index (χ0) is 14.3. The summed E-state index contributed by atoms with van der Waals surface area (Å²) in [6, 6.07) is 10.7. The Bertz CT molecular complexity index is 680. The van der Waals surface area contributed by atoms with E-state index >= 15 is 0 Å². The van der Waals surface area contributed by atoms with Crippen molar-refractivity contribution in [1.82, 2.24) is 0 Å². The minimum Gasteiger partial charge on any atom is -0.504 e. The molecule has 20 heavy (non-hydrogen) atoms. The second kappa shape index (κ2) is 4.54. The van der Waals surface area contributed by atoms with E-state index in [9.17, 15) is 20.1 Å². The highest BCUT2D eigenvalue weighted by Gasteiger charge is 2.36. The van der Waals surface area contributed by atoms with Gasteiger partial charge in [0.1, 0.15) is 5.75 Å². The number of Topliss-reactive ketones (excluding diaryl/α,β-unsaturated/α-hetero) is 1. The number of benzene rings is 2. The molecule has 2 unspecified atom stereocenters. The lowest BCUT2D eigenvalue weighted by Crippen LogP contribution is -2.36. The van der Waals surface area contributed by atoms with Crippen molar-refractivity contribution < 1.29 is 24.9 Å². The number of ether oxygens (including phenoxy) is 1. The van der Waals surface area contributed by atoms with Gasteiger partial charge in [0.2, 0.25) is 0 Å². The number of para-hydroxylation sites is 1. The average Bonchev–Trinajstić information content (AvgIpc) is 2.46. The van der Waals surface area contributed by atoms with Crippen LogP contribution in [0.25, 0.3) is 0 Å². The minimum atomic E-state index is -1.35. The number of aliphatic hydroxyl groups is 1. The summed E-state index contributed by atoms with van der Waals surface area (Å²) >= 11 is 0. The number of phenolic OH excluding ortho intramolecular Hbond substituents is 2. The molecule has 0 amide bonds. The summed E-state index contributed by atoms with van der Waals surface area (Å²) in [5, 5.41) is 28.9. The van der Waals surface area contributed by atoms with E-state index in [4.69, 9.17) is 4.74 Å². The minimum absolute atomic E-state index is 0.272. The van der Waals surface area contributed by atoms with Crippen molar-refractivity contribution in [3.8, 4) is 17.2 Å². The molecule has 0 aromatic heterocycles. The summed E-state index contributed by atoms with van der Waals surface area (Å²) in [4.78, 5) is 12.1. The number of ketones is 1. The second-order valence-electron chi connectivity index (χ2n) is 4.59. The second-order valence-corrected chi connectivity index (χ2v) is 4.59. The largest absolute Gasteiger partial charge is 0.504 e. The van der Waals surface area contributed by atoms with Crippen LogP contribution in [0, 0.1) is 0 Å². The van der Waals surface area contributed by atoms with E-state index < -0.39 is 18.0 Å². The fourth-order valence-electron chi connectivity index (χ4n) is 2.24. The predicted molar refractivity (Wildman–Crippen MR) is 69.9 cm³/mol. The van der Waals surface area contributed by atoms with Crippen LogP contribution in [0.4, 0.5) is 0 Å². The number of hydrogen-bond donors (Lipinski definition) is 3. The Balaban J connectivity index is 2.03. The Kier molecular flexibility index (Phi) is 2.84. The quantitative estimate of drug-likeness (QED) is 0.689. The van der Waals surface area contributed by atoms with Gasteiger partial charge in [-0.2, -0.15) is 0 Å². The Morgan fingerprint density at radius 2 is 1.75 bits per heavy atom. The highest BCUT2D eigenvalue weighted by atomic mass is 16.5. The van der Waals surface area contributed by atoms with E-state index in [2.05, 4.69) is 0 Å². The van der Waals surface area contributed by atoms with E-state index in [1.807, 2.05) is 0 Å². The predicted octanol–water partition coefficient (Wildman–Crippen LogP) is 1.78. The van der Waals surface area contributed by atoms with Gasteiger partial charge in [-0.3, -0.25) is 4.79 Å². The van der Waals surface area contributed by atoms with Crippen LogP contribution in [-0.2, 0) is 0 Å². The molecule has 1 aliphatic heterocycles. The summed E-state index contributed by atoms with van der Waals surface area (Å²) < 4.78 is 5.63. The Morgan fingerprint density at radius 3 is 2.50 bits per heavy atom. The van der Waals surface area contributed by atoms with Crippen molar-refractivity contribution in [3.05, 3.63) is 53.6 Å². The monoisotopic (exact) mass is 272 g/mol. The molecular formula is C15H12O5. The number of carbonyl (C=O) groups is 1. The lowest BCUT2D eigenvalue weighted by Gasteiger charge is -2.29. The first-order chi connectivity index (χ1) is 9.58. The van der Waals surface area contributed by atoms with Crippen molar-refractivity contribution in [2.75, 3.05) is 0 Å². The molecule has 0 saturated heterocycles. The van der Waals surface area contributed by atoms with Crippen LogP contribution in [0.3, 0.4) is 0 Å². The summed E-state index contributed by atoms with van der Waals surface area (Å²) in [5.74, 6) is -0.639. The lowest BCUT2D eigenvalue weighted by atomic mass is 9.93. The summed E-state index contributed by atoms with van der Waals surface area (Å²) in [6.45, 7) is 0. The highest BCUT2D eigenvalue weighted by molar-refractivity contribution is 6.03. The van der Waals surface area contributed by atoms with Crippen LogP contribution < -0.4 is 4.74 Å². The van der Waals surface area contributed by atoms with Gasteiger partial charge in [-0.15, -0.1) is 0 Å². The molecule has 0 fully saturated rings. The van der Waals surface area contributed by atoms with Gasteiger partial charge >= 0.3 is 0 Å². The van der Waals surface area contributed by atoms with Gasteiger partial charge in [0, 0.05) is 0 Å². The third kappa shape index (κ3) is 1.88. The molecule has 2 aromatic rings. The van der Waals surface area contributed by atoms with Crippen LogP contribution in [-0.4, -0.2) is 27.2 Å². The van der Waals surface area contributed by atoms with Crippen molar-refractivity contribution >= 4 is 5.78 Å². The van der Waals surface area contributed by atoms with Gasteiger partial charge in [0.15, 0.2) is 29.5 Å². The fraction of sp³-hybridized carbons (Fsp3) is 0.133. The maximum absolute atomic E-state index is 12.1. The summed E-state index contributed by atoms with van der Waals surface area (Å²) in [5.41, 5.74) is 0.745. The molecule has 1 aliphatic rings. The molecule has 3 rings (SSSR count). The van der Waals surface area contributed by atoms with Gasteiger partial charge in [-0.05, 0) is 29.8 Å². The number of carbonyl (C=O) groups excluding carboxylic acids is 1. The summed E-state index contributed by atoms with van der Waals surface area (Å²) in [6.07, 6.45) is -2.27. The Hall–Kier alpha value is -2.53. The van der Waals surface area contributed by atoms with Crippen molar-refractivity contribution in [2.24, 2.45) is 0 Å². The fourth-order valence-corrected chi connectivity index (χ4v) is 2.24. The number of aliphatic hydroxyl groups excluding tert-OH is 1. The van der Waals surface area contributed by atoms with E-state index in [-0.39, 0.29) is 11.5 Å². The molecule has 0 radical (unpaired) electrons. The van der Waals surface area contributed by atoms with Gasteiger partial charge in [-0.25, -0.2) is 0 Å². The molecule has 2 aromatic carbocycles. The van der Waals surface area contributed by atoms with Gasteiger partial charge in [0.05, 0.1) is 5.56 Å². The normalized spacial score (nSPS) is 21.1. The zero-order valence-corrected chi connectivity index (χ0v) is 10.4. The molecule has 5 nitrogen and oxygen atoms in total. The number of fused-ring (bicyclic) bond motifs is 1. The van der Waals surface area contributed by atoms with Crippen molar-refractivity contribution in [3.63, 3.8) is 0 Å². The van der Waals surface area contributed by atoms with Gasteiger partial charge < -0.3 is 20.1 Å². The first-order valence-corrected chi connectivity index (χ1v) is 6.08. The van der Waals surface area contributed by atoms with Crippen LogP contribution in [0.5, 0.6) is 17.2 Å². The van der Waals surface area contributed by atoms with Crippen molar-refractivity contribution in [1.29, 1.82) is 0 Å². The van der Waals surface area contributed by atoms with Gasteiger partial charge in [0.25, 0.3) is 0 Å². The smallest absolute Gasteiger partial charge is 0.199 e. The molecule has 0 spiro atoms. The zero-order valence-electron chi connectivity index (χ0n) is 10.4. The molecule has 102 valence electrons. The molecule has 0 bridgehead atoms. The maximum atomic E-state index is 12.1. The molecule has 0 saturated carbocycles. The van der Waals surface area contributed by atoms with E-state index in [0.717, 1.165) is 0 Å². The number of aromatic hydroxyl groups is 2. The van der Waals surface area contributed by atoms with E-state index in [1.54, 1.807) is 24.3 Å². The first-order valence-electron chi connectivity index (χ1n) is 6.08. The third-order valence-corrected chi connectivity index (χ3v) is 3.29. The first kappa shape index (κ1) is 12.5. The molecule has 3 N–H and O–H groups in total. The van der Waals surface area contributed by atoms with E-state index in [0.29, 0.717) is 16.9 Å². The molecule has 0 aliphatic carbocycles. The Morgan fingerprint density at radius 1 is 1.00 bits per heavy atom. The number of hydrogen-bond acceptors (Lipinski definition) is 5. The van der Waals surface area contributed by atoms with Crippen LogP contribution in [0.2, 0.25) is 0 Å². The average molecular weight is 272 g/mol. The van der Waals surface area contributed by atoms with Crippen LogP contribution in [0.15, 0.2) is 42.5 Å². The molecule has 2 atom stereocenters. The highest BCUT2D eigenvalue weighted by Crippen LogP contribution is 2.37. The van der Waals surface area contributed by atoms with E-state index in [1.165, 1.54) is 18.2 Å². The lowest BCUT2D eigenvalue weighted by molar-refractivity contribution is 0.0216. The molecule has 5 heteroatoms. The molecular weight excluding hydrogens is 260 g/mol.